The third-order valence-corrected chi connectivity index (χ3v) is 7.76. The lowest BCUT2D eigenvalue weighted by molar-refractivity contribution is -0.139. The first kappa shape index (κ1) is 34.3. The fraction of sp³-hybridized carbons (Fsp3) is 0.0606. The molecule has 5 rings (SSSR count). The minimum absolute atomic E-state index is 0.0324. The number of aliphatic carboxylic acids is 1. The van der Waals surface area contributed by atoms with Gasteiger partial charge >= 0.3 is 5.97 Å². The first-order chi connectivity index (χ1) is 21.9. The van der Waals surface area contributed by atoms with Crippen LogP contribution in [0.25, 0.3) is 22.0 Å². The van der Waals surface area contributed by atoms with Crippen molar-refractivity contribution in [3.63, 3.8) is 0 Å². The van der Waals surface area contributed by atoms with E-state index < -0.39 is 40.4 Å². The Balaban J connectivity index is 0.000000369. The lowest BCUT2D eigenvalue weighted by atomic mass is 9.94. The van der Waals surface area contributed by atoms with Gasteiger partial charge < -0.3 is 10.4 Å². The zero-order valence-corrected chi connectivity index (χ0v) is 26.2. The van der Waals surface area contributed by atoms with Crippen molar-refractivity contribution in [2.24, 2.45) is 0 Å². The number of fused-ring (bicyclic) bond motifs is 1. The summed E-state index contributed by atoms with van der Waals surface area (Å²) >= 11 is 22.9. The fourth-order valence-corrected chi connectivity index (χ4v) is 5.50. The van der Waals surface area contributed by atoms with Gasteiger partial charge in [0, 0.05) is 34.2 Å². The SMILES string of the molecule is N#Cc1ccc(-c2ccc(C[C@H](NC(=O)c3c(F)cccc3Cl)C(=O)O)c3cccnc23)c(Cl)c1.O=C(Cl)c1c(F)cccc1Cl. The van der Waals surface area contributed by atoms with Crippen LogP contribution in [0.3, 0.4) is 0 Å². The van der Waals surface area contributed by atoms with Gasteiger partial charge in [0.15, 0.2) is 0 Å². The Morgan fingerprint density at radius 1 is 0.848 bits per heavy atom. The van der Waals surface area contributed by atoms with Gasteiger partial charge in [0.25, 0.3) is 11.1 Å². The van der Waals surface area contributed by atoms with Crippen LogP contribution in [-0.2, 0) is 11.2 Å². The average Bonchev–Trinajstić information content (AvgIpc) is 3.01. The van der Waals surface area contributed by atoms with E-state index in [4.69, 9.17) is 51.7 Å². The van der Waals surface area contributed by atoms with Crippen LogP contribution < -0.4 is 5.32 Å². The molecule has 0 aliphatic rings. The summed E-state index contributed by atoms with van der Waals surface area (Å²) in [6.07, 6.45) is 1.51. The lowest BCUT2D eigenvalue weighted by Gasteiger charge is -2.18. The van der Waals surface area contributed by atoms with E-state index in [0.717, 1.165) is 12.1 Å². The molecule has 0 unspecified atom stereocenters. The lowest BCUT2D eigenvalue weighted by Crippen LogP contribution is -2.42. The predicted molar refractivity (Wildman–Crippen MR) is 173 cm³/mol. The number of amides is 1. The molecule has 7 nitrogen and oxygen atoms in total. The molecule has 1 heterocycles. The number of benzene rings is 4. The highest BCUT2D eigenvalue weighted by Gasteiger charge is 2.25. The first-order valence-corrected chi connectivity index (χ1v) is 14.6. The zero-order valence-electron chi connectivity index (χ0n) is 23.2. The molecule has 232 valence electrons. The quantitative estimate of drug-likeness (QED) is 0.164. The molecule has 1 aromatic heterocycles. The average molecular weight is 701 g/mol. The maximum Gasteiger partial charge on any atom is 0.326 e. The highest BCUT2D eigenvalue weighted by Crippen LogP contribution is 2.35. The van der Waals surface area contributed by atoms with Gasteiger partial charge in [-0.3, -0.25) is 14.6 Å². The number of carbonyl (C=O) groups is 3. The number of nitrogens with one attached hydrogen (secondary N) is 1. The number of rotatable bonds is 7. The Hall–Kier alpha value is -4.59. The van der Waals surface area contributed by atoms with E-state index in [9.17, 15) is 28.3 Å². The van der Waals surface area contributed by atoms with Crippen LogP contribution in [0.15, 0.2) is 85.1 Å². The summed E-state index contributed by atoms with van der Waals surface area (Å²) in [5.74, 6) is -3.76. The van der Waals surface area contributed by atoms with E-state index in [1.54, 1.807) is 48.7 Å². The van der Waals surface area contributed by atoms with Crippen LogP contribution in [0.4, 0.5) is 8.78 Å². The van der Waals surface area contributed by atoms with Gasteiger partial charge in [0.05, 0.1) is 38.3 Å². The maximum atomic E-state index is 14.1. The number of aromatic nitrogens is 1. The molecule has 0 spiro atoms. The minimum atomic E-state index is -1.36. The molecule has 0 aliphatic heterocycles. The van der Waals surface area contributed by atoms with Gasteiger partial charge in [-0.05, 0) is 59.6 Å². The van der Waals surface area contributed by atoms with Gasteiger partial charge in [-0.2, -0.15) is 5.26 Å². The molecule has 2 N–H and O–H groups in total. The molecule has 0 saturated carbocycles. The van der Waals surface area contributed by atoms with Gasteiger partial charge in [-0.25, -0.2) is 13.6 Å². The molecule has 46 heavy (non-hydrogen) atoms. The third kappa shape index (κ3) is 7.79. The summed E-state index contributed by atoms with van der Waals surface area (Å²) in [7, 11) is 0. The molecule has 0 radical (unpaired) electrons. The van der Waals surface area contributed by atoms with Crippen LogP contribution in [0.1, 0.15) is 31.8 Å². The standard InChI is InChI=1S/C26H16Cl2FN3O3.C7H3Cl2FO/c27-19-4-1-5-21(29)23(19)25(33)32-22(26(34)35)12-15-7-9-18(24-16(15)3-2-10-31-24)17-8-6-14(13-30)11-20(17)28;8-4-2-1-3-5(10)6(4)7(9)11/h1-11,22H,12H2,(H,32,33)(H,34,35);1-3H/t22-;/m0./s1. The summed E-state index contributed by atoms with van der Waals surface area (Å²) < 4.78 is 26.9. The topological polar surface area (TPSA) is 120 Å². The Bertz CT molecular complexity index is 1990. The molecule has 0 aliphatic carbocycles. The highest BCUT2D eigenvalue weighted by atomic mass is 35.5. The number of nitrogens with zero attached hydrogens (tertiary/aromatic N) is 2. The summed E-state index contributed by atoms with van der Waals surface area (Å²) in [5, 5.41) is 21.3. The summed E-state index contributed by atoms with van der Waals surface area (Å²) in [4.78, 5) is 39.6. The predicted octanol–water partition coefficient (Wildman–Crippen LogP) is 8.50. The molecule has 1 atom stereocenters. The maximum absolute atomic E-state index is 14.1. The molecule has 5 aromatic rings. The van der Waals surface area contributed by atoms with E-state index in [-0.39, 0.29) is 22.0 Å². The van der Waals surface area contributed by atoms with E-state index >= 15 is 0 Å². The van der Waals surface area contributed by atoms with Crippen LogP contribution in [0.5, 0.6) is 0 Å². The van der Waals surface area contributed by atoms with Crippen LogP contribution >= 0.6 is 46.4 Å². The molecule has 1 amide bonds. The zero-order chi connectivity index (χ0) is 33.5. The van der Waals surface area contributed by atoms with Crippen molar-refractivity contribution in [1.29, 1.82) is 5.26 Å². The minimum Gasteiger partial charge on any atom is -0.480 e. The van der Waals surface area contributed by atoms with Crippen molar-refractivity contribution in [2.45, 2.75) is 12.5 Å². The van der Waals surface area contributed by atoms with Gasteiger partial charge in [-0.1, -0.05) is 71.2 Å². The number of halogens is 6. The number of carbonyl (C=O) groups excluding carboxylic acids is 2. The molecule has 0 fully saturated rings. The number of hydrogen-bond donors (Lipinski definition) is 2. The smallest absolute Gasteiger partial charge is 0.326 e. The molecule has 0 bridgehead atoms. The second-order valence-corrected chi connectivity index (χ2v) is 11.1. The number of pyridine rings is 1. The van der Waals surface area contributed by atoms with Crippen LogP contribution in [-0.4, -0.2) is 33.3 Å². The van der Waals surface area contributed by atoms with E-state index in [1.807, 2.05) is 6.07 Å². The summed E-state index contributed by atoms with van der Waals surface area (Å²) in [6, 6.07) is 20.3. The monoisotopic (exact) mass is 699 g/mol. The highest BCUT2D eigenvalue weighted by molar-refractivity contribution is 6.68. The molecular weight excluding hydrogens is 682 g/mol. The second kappa shape index (κ2) is 15.1. The normalized spacial score (nSPS) is 11.2. The van der Waals surface area contributed by atoms with Crippen molar-refractivity contribution in [1.82, 2.24) is 10.3 Å². The molecule has 13 heteroatoms. The Morgan fingerprint density at radius 2 is 1.48 bits per heavy atom. The third-order valence-electron chi connectivity index (χ3n) is 6.62. The Labute approximate surface area is 280 Å². The summed E-state index contributed by atoms with van der Waals surface area (Å²) in [6.45, 7) is 0. The largest absolute Gasteiger partial charge is 0.480 e. The van der Waals surface area contributed by atoms with Gasteiger partial charge in [0.1, 0.15) is 17.7 Å². The number of hydrogen-bond acceptors (Lipinski definition) is 5. The molecular formula is C33H19Cl4F2N3O4. The van der Waals surface area contributed by atoms with Crippen molar-refractivity contribution < 1.29 is 28.3 Å². The van der Waals surface area contributed by atoms with Crippen molar-refractivity contribution >= 4 is 74.4 Å². The number of carboxylic acids is 1. The number of nitriles is 1. The van der Waals surface area contributed by atoms with E-state index in [0.29, 0.717) is 38.2 Å². The van der Waals surface area contributed by atoms with Crippen molar-refractivity contribution in [3.05, 3.63) is 134 Å². The van der Waals surface area contributed by atoms with Gasteiger partial charge in [0.2, 0.25) is 0 Å². The van der Waals surface area contributed by atoms with E-state index in [1.165, 1.54) is 24.3 Å². The fourth-order valence-electron chi connectivity index (χ4n) is 4.48. The second-order valence-electron chi connectivity index (χ2n) is 9.51. The van der Waals surface area contributed by atoms with Crippen molar-refractivity contribution in [3.8, 4) is 17.2 Å². The van der Waals surface area contributed by atoms with Crippen molar-refractivity contribution in [2.75, 3.05) is 0 Å². The first-order valence-electron chi connectivity index (χ1n) is 13.1. The van der Waals surface area contributed by atoms with Gasteiger partial charge in [-0.15, -0.1) is 0 Å². The molecule has 4 aromatic carbocycles. The van der Waals surface area contributed by atoms with E-state index in [2.05, 4.69) is 10.3 Å². The Kier molecular flexibility index (Phi) is 11.3. The van der Waals surface area contributed by atoms with Crippen LogP contribution in [0.2, 0.25) is 15.1 Å². The summed E-state index contributed by atoms with van der Waals surface area (Å²) in [5.41, 5.74) is 2.28. The molecule has 0 saturated heterocycles. The van der Waals surface area contributed by atoms with Crippen LogP contribution in [0, 0.1) is 23.0 Å². The Morgan fingerprint density at radius 3 is 2.02 bits per heavy atom. The number of carboxylic acid groups (broad SMARTS) is 1.